The van der Waals surface area contributed by atoms with Crippen LogP contribution in [0.15, 0.2) is 145 Å². The van der Waals surface area contributed by atoms with Crippen LogP contribution in [0.1, 0.15) is 58.5 Å². The molecule has 1 unspecified atom stereocenters. The van der Waals surface area contributed by atoms with Gasteiger partial charge in [-0.1, -0.05) is 134 Å². The first-order chi connectivity index (χ1) is 25.3. The molecule has 51 heavy (non-hydrogen) atoms. The van der Waals surface area contributed by atoms with Gasteiger partial charge in [-0.05, 0) is 88.8 Å². The summed E-state index contributed by atoms with van der Waals surface area (Å²) in [5.74, 6) is 2.03. The molecule has 11 rings (SSSR count). The lowest BCUT2D eigenvalue weighted by Crippen LogP contribution is -2.37. The van der Waals surface area contributed by atoms with Gasteiger partial charge in [0.2, 0.25) is 0 Å². The number of benzene rings is 4. The molecule has 0 saturated carbocycles. The maximum atomic E-state index is 5.16. The maximum Gasteiger partial charge on any atom is 0.164 e. The van der Waals surface area contributed by atoms with E-state index in [1.54, 1.807) is 0 Å². The largest absolute Gasteiger partial charge is 0.309 e. The molecule has 4 heteroatoms. The van der Waals surface area contributed by atoms with Gasteiger partial charge in [-0.15, -0.1) is 0 Å². The van der Waals surface area contributed by atoms with Crippen LogP contribution in [-0.4, -0.2) is 19.5 Å². The molecule has 2 aromatic heterocycles. The van der Waals surface area contributed by atoms with Crippen molar-refractivity contribution < 1.29 is 0 Å². The number of allylic oxidation sites excluding steroid dienone is 9. The first-order valence-corrected chi connectivity index (χ1v) is 18.1. The highest BCUT2D eigenvalue weighted by molar-refractivity contribution is 6.01. The maximum absolute atomic E-state index is 5.16. The van der Waals surface area contributed by atoms with Gasteiger partial charge in [0.05, 0.1) is 16.8 Å². The third kappa shape index (κ3) is 3.99. The van der Waals surface area contributed by atoms with E-state index in [-0.39, 0.29) is 0 Å². The monoisotopic (exact) mass is 654 g/mol. The number of hydrogen-bond acceptors (Lipinski definition) is 3. The van der Waals surface area contributed by atoms with Crippen molar-refractivity contribution in [1.82, 2.24) is 19.5 Å². The van der Waals surface area contributed by atoms with Crippen molar-refractivity contribution in [2.45, 2.75) is 37.5 Å². The van der Waals surface area contributed by atoms with E-state index in [1.807, 2.05) is 36.4 Å². The molecule has 1 aliphatic heterocycles. The minimum atomic E-state index is -0.391. The molecule has 0 fully saturated rings. The molecule has 3 heterocycles. The second-order valence-corrected chi connectivity index (χ2v) is 14.1. The van der Waals surface area contributed by atoms with Gasteiger partial charge < -0.3 is 4.57 Å². The molecule has 5 aliphatic rings. The summed E-state index contributed by atoms with van der Waals surface area (Å²) in [5, 5.41) is 0. The Hall–Kier alpha value is -6.13. The molecular formula is C47H34N4. The second kappa shape index (κ2) is 10.9. The smallest absolute Gasteiger partial charge is 0.164 e. The van der Waals surface area contributed by atoms with E-state index in [2.05, 4.69) is 114 Å². The van der Waals surface area contributed by atoms with Crippen molar-refractivity contribution in [1.29, 1.82) is 0 Å². The van der Waals surface area contributed by atoms with Gasteiger partial charge in [0.1, 0.15) is 0 Å². The predicted octanol–water partition coefficient (Wildman–Crippen LogP) is 10.5. The van der Waals surface area contributed by atoms with Gasteiger partial charge in [0.25, 0.3) is 0 Å². The van der Waals surface area contributed by atoms with Gasteiger partial charge in [0.15, 0.2) is 17.5 Å². The molecule has 0 N–H and O–H groups in total. The van der Waals surface area contributed by atoms with E-state index in [4.69, 9.17) is 15.0 Å². The molecule has 0 saturated heterocycles. The zero-order valence-corrected chi connectivity index (χ0v) is 28.2. The topological polar surface area (TPSA) is 43.6 Å². The number of hydrogen-bond donors (Lipinski definition) is 0. The van der Waals surface area contributed by atoms with Gasteiger partial charge in [-0.3, -0.25) is 0 Å². The summed E-state index contributed by atoms with van der Waals surface area (Å²) < 4.78 is 2.59. The van der Waals surface area contributed by atoms with E-state index in [0.717, 1.165) is 48.8 Å². The quantitative estimate of drug-likeness (QED) is 0.191. The summed E-state index contributed by atoms with van der Waals surface area (Å²) in [4.78, 5) is 15.3. The Bertz CT molecular complexity index is 2540. The molecule has 4 nitrogen and oxygen atoms in total. The van der Waals surface area contributed by atoms with Crippen LogP contribution < -0.4 is 0 Å². The molecule has 0 amide bonds. The molecule has 1 atom stereocenters. The zero-order valence-electron chi connectivity index (χ0n) is 28.2. The standard InChI is InChI=1S/C47H34N4/c1-4-15-30(16-5-1)44-48-45(31-17-6-2-7-18-31)50-46(49-44)32-27-28-39-42(29-32)51-41-26-13-11-21-35(41)36-22-14-25-40(43(36)51)47(39)37-23-9-3-8-19-33(37)34-20-10-12-24-38(34)47/h1-10,12-13,15-20,24-29H,11,14,21-23H2. The molecule has 1 spiro atoms. The lowest BCUT2D eigenvalue weighted by Gasteiger charge is -2.44. The molecule has 0 bridgehead atoms. The third-order valence-corrected chi connectivity index (χ3v) is 11.5. The molecule has 4 aliphatic carbocycles. The highest BCUT2D eigenvalue weighted by Gasteiger charge is 2.54. The van der Waals surface area contributed by atoms with Crippen LogP contribution in [-0.2, 0) is 18.3 Å². The minimum absolute atomic E-state index is 0.391. The normalized spacial score (nSPS) is 18.9. The fourth-order valence-corrected chi connectivity index (χ4v) is 9.47. The lowest BCUT2D eigenvalue weighted by molar-refractivity contribution is 0.720. The van der Waals surface area contributed by atoms with Crippen molar-refractivity contribution in [3.63, 3.8) is 0 Å². The van der Waals surface area contributed by atoms with Crippen molar-refractivity contribution in [3.05, 3.63) is 184 Å². The van der Waals surface area contributed by atoms with Crippen molar-refractivity contribution in [3.8, 4) is 39.9 Å². The Labute approximate surface area is 297 Å². The number of rotatable bonds is 3. The van der Waals surface area contributed by atoms with Gasteiger partial charge >= 0.3 is 0 Å². The summed E-state index contributed by atoms with van der Waals surface area (Å²) >= 11 is 0. The van der Waals surface area contributed by atoms with E-state index in [1.165, 1.54) is 61.6 Å². The van der Waals surface area contributed by atoms with Crippen molar-refractivity contribution in [2.75, 3.05) is 0 Å². The van der Waals surface area contributed by atoms with E-state index >= 15 is 0 Å². The molecular weight excluding hydrogens is 621 g/mol. The van der Waals surface area contributed by atoms with Crippen LogP contribution in [0.5, 0.6) is 0 Å². The number of fused-ring (bicyclic) bond motifs is 11. The summed E-state index contributed by atoms with van der Waals surface area (Å²) in [6, 6.07) is 36.6. The summed E-state index contributed by atoms with van der Waals surface area (Å²) in [6.07, 6.45) is 21.6. The van der Waals surface area contributed by atoms with Crippen LogP contribution in [0.4, 0.5) is 0 Å². The number of aromatic nitrogens is 4. The third-order valence-electron chi connectivity index (χ3n) is 11.5. The molecule has 242 valence electrons. The Kier molecular flexibility index (Phi) is 6.15. The molecule has 6 aromatic rings. The SMILES string of the molecule is C1=CCC2=C(C=C1)c1ccccc1C21C2=CCCc3c4c(n(c32)-c2cc(-c3nc(-c5ccccc5)nc(-c5ccccc5)n3)ccc21)C=CCC4. The fourth-order valence-electron chi connectivity index (χ4n) is 9.47. The van der Waals surface area contributed by atoms with Crippen LogP contribution in [0.2, 0.25) is 0 Å². The second-order valence-electron chi connectivity index (χ2n) is 14.1. The Morgan fingerprint density at radius 3 is 2.08 bits per heavy atom. The Balaban J connectivity index is 1.22. The van der Waals surface area contributed by atoms with Gasteiger partial charge in [0, 0.05) is 22.4 Å². The Morgan fingerprint density at radius 2 is 1.29 bits per heavy atom. The van der Waals surface area contributed by atoms with Gasteiger partial charge in [-0.2, -0.15) is 0 Å². The fraction of sp³-hybridized carbons (Fsp3) is 0.128. The summed E-state index contributed by atoms with van der Waals surface area (Å²) in [5.41, 5.74) is 17.9. The highest BCUT2D eigenvalue weighted by Crippen LogP contribution is 2.64. The molecule has 4 aromatic carbocycles. The average Bonchev–Trinajstić information content (AvgIpc) is 3.54. The van der Waals surface area contributed by atoms with Crippen LogP contribution in [0.3, 0.4) is 0 Å². The Morgan fingerprint density at radius 1 is 0.588 bits per heavy atom. The van der Waals surface area contributed by atoms with Crippen LogP contribution in [0, 0.1) is 0 Å². The average molecular weight is 655 g/mol. The zero-order chi connectivity index (χ0) is 33.5. The van der Waals surface area contributed by atoms with Crippen molar-refractivity contribution in [2.24, 2.45) is 0 Å². The molecule has 0 radical (unpaired) electrons. The van der Waals surface area contributed by atoms with E-state index in [9.17, 15) is 0 Å². The van der Waals surface area contributed by atoms with Crippen molar-refractivity contribution >= 4 is 17.2 Å². The lowest BCUT2D eigenvalue weighted by atomic mass is 9.61. The predicted molar refractivity (Wildman–Crippen MR) is 206 cm³/mol. The first kappa shape index (κ1) is 28.7. The van der Waals surface area contributed by atoms with Crippen LogP contribution in [0.25, 0.3) is 57.1 Å². The van der Waals surface area contributed by atoms with E-state index in [0.29, 0.717) is 17.5 Å². The first-order valence-electron chi connectivity index (χ1n) is 18.1. The summed E-state index contributed by atoms with van der Waals surface area (Å²) in [6.45, 7) is 0. The van der Waals surface area contributed by atoms with Crippen LogP contribution >= 0.6 is 0 Å². The van der Waals surface area contributed by atoms with E-state index < -0.39 is 5.41 Å². The minimum Gasteiger partial charge on any atom is -0.309 e. The van der Waals surface area contributed by atoms with Gasteiger partial charge in [-0.25, -0.2) is 15.0 Å². The highest BCUT2D eigenvalue weighted by atomic mass is 15.1. The number of nitrogens with zero attached hydrogens (tertiary/aromatic N) is 4. The summed E-state index contributed by atoms with van der Waals surface area (Å²) in [7, 11) is 0.